The molecule has 0 fully saturated rings. The monoisotopic (exact) mass is 280 g/mol. The minimum Gasteiger partial charge on any atom is -0.460 e. The molecule has 0 aliphatic carbocycles. The summed E-state index contributed by atoms with van der Waals surface area (Å²) >= 11 is 0. The fourth-order valence-corrected chi connectivity index (χ4v) is 1.44. The number of carbonyl (C=O) groups excluding carboxylic acids is 1. The molecule has 0 spiro atoms. The maximum atomic E-state index is 12.2. The predicted octanol–water partition coefficient (Wildman–Crippen LogP) is 5.04. The van der Waals surface area contributed by atoms with Crippen molar-refractivity contribution < 1.29 is 13.9 Å². The summed E-state index contributed by atoms with van der Waals surface area (Å²) in [6.45, 7) is 5.19. The van der Waals surface area contributed by atoms with Crippen LogP contribution in [-0.4, -0.2) is 12.6 Å². The largest absolute Gasteiger partial charge is 0.460 e. The fourth-order valence-electron chi connectivity index (χ4n) is 1.44. The molecule has 0 rings (SSSR count). The van der Waals surface area contributed by atoms with E-state index in [1.165, 1.54) is 0 Å². The van der Waals surface area contributed by atoms with Crippen LogP contribution in [-0.2, 0) is 9.53 Å². The van der Waals surface area contributed by atoms with Gasteiger partial charge in [-0.05, 0) is 38.5 Å². The first-order valence-corrected chi connectivity index (χ1v) is 7.15. The molecular formula is C17H25FO2. The molecule has 112 valence electrons. The Kier molecular flexibility index (Phi) is 12.7. The van der Waals surface area contributed by atoms with E-state index in [0.717, 1.165) is 32.1 Å². The topological polar surface area (TPSA) is 26.3 Å². The van der Waals surface area contributed by atoms with Crippen LogP contribution in [0.3, 0.4) is 0 Å². The lowest BCUT2D eigenvalue weighted by Gasteiger charge is -1.98. The van der Waals surface area contributed by atoms with Crippen molar-refractivity contribution in [1.29, 1.82) is 0 Å². The average Bonchev–Trinajstić information content (AvgIpc) is 2.43. The third kappa shape index (κ3) is 12.8. The molecule has 0 amide bonds. The summed E-state index contributed by atoms with van der Waals surface area (Å²) in [4.78, 5) is 10.7. The average molecular weight is 280 g/mol. The Labute approximate surface area is 121 Å². The SMILES string of the molecule is C=C(F)C(=O)OCCC=CCCCC=CCC=CCC. The first-order chi connectivity index (χ1) is 9.68. The van der Waals surface area contributed by atoms with Gasteiger partial charge in [0.2, 0.25) is 5.83 Å². The van der Waals surface area contributed by atoms with E-state index in [1.807, 2.05) is 6.08 Å². The molecule has 0 saturated carbocycles. The lowest BCUT2D eigenvalue weighted by Crippen LogP contribution is -2.04. The van der Waals surface area contributed by atoms with Crippen LogP contribution in [0.25, 0.3) is 0 Å². The summed E-state index contributed by atoms with van der Waals surface area (Å²) in [6.07, 6.45) is 18.6. The molecule has 3 heteroatoms. The Morgan fingerprint density at radius 2 is 1.65 bits per heavy atom. The van der Waals surface area contributed by atoms with Gasteiger partial charge in [-0.3, -0.25) is 0 Å². The van der Waals surface area contributed by atoms with Crippen molar-refractivity contribution in [2.75, 3.05) is 6.61 Å². The number of ether oxygens (including phenoxy) is 1. The van der Waals surface area contributed by atoms with Crippen LogP contribution in [0.15, 0.2) is 48.9 Å². The van der Waals surface area contributed by atoms with Crippen LogP contribution in [0, 0.1) is 0 Å². The maximum Gasteiger partial charge on any atom is 0.366 e. The molecule has 0 N–H and O–H groups in total. The third-order valence-corrected chi connectivity index (χ3v) is 2.49. The third-order valence-electron chi connectivity index (χ3n) is 2.49. The molecule has 0 atom stereocenters. The summed E-state index contributed by atoms with van der Waals surface area (Å²) in [6, 6.07) is 0. The highest BCUT2D eigenvalue weighted by molar-refractivity contribution is 5.85. The normalized spacial score (nSPS) is 11.7. The number of halogens is 1. The zero-order valence-electron chi connectivity index (χ0n) is 12.3. The number of carbonyl (C=O) groups is 1. The number of hydrogen-bond donors (Lipinski definition) is 0. The Hall–Kier alpha value is -1.64. The summed E-state index contributed by atoms with van der Waals surface area (Å²) in [5.41, 5.74) is 0. The Morgan fingerprint density at radius 1 is 1.05 bits per heavy atom. The van der Waals surface area contributed by atoms with Gasteiger partial charge >= 0.3 is 5.97 Å². The van der Waals surface area contributed by atoms with Gasteiger partial charge in [0.15, 0.2) is 0 Å². The molecule has 0 unspecified atom stereocenters. The minimum absolute atomic E-state index is 0.196. The number of esters is 1. The standard InChI is InChI=1S/C17H25FO2/c1-3-4-5-6-7-8-9-10-11-12-13-14-15-20-17(19)16(2)18/h4-5,7-8,12-13H,2-3,6,9-11,14-15H2,1H3. The van der Waals surface area contributed by atoms with Crippen LogP contribution in [0.1, 0.15) is 45.4 Å². The Balaban J connectivity index is 3.38. The Bertz CT molecular complexity index is 354. The number of allylic oxidation sites excluding steroid dienone is 5. The zero-order valence-corrected chi connectivity index (χ0v) is 12.3. The molecule has 0 aliphatic rings. The van der Waals surface area contributed by atoms with Gasteiger partial charge < -0.3 is 4.74 Å². The highest BCUT2D eigenvalue weighted by Gasteiger charge is 2.04. The van der Waals surface area contributed by atoms with Crippen molar-refractivity contribution in [3.63, 3.8) is 0 Å². The van der Waals surface area contributed by atoms with E-state index in [-0.39, 0.29) is 6.61 Å². The van der Waals surface area contributed by atoms with Crippen molar-refractivity contribution in [3.8, 4) is 0 Å². The van der Waals surface area contributed by atoms with E-state index in [4.69, 9.17) is 0 Å². The first-order valence-electron chi connectivity index (χ1n) is 7.15. The van der Waals surface area contributed by atoms with Crippen molar-refractivity contribution >= 4 is 5.97 Å². The van der Waals surface area contributed by atoms with Crippen LogP contribution in [0.2, 0.25) is 0 Å². The van der Waals surface area contributed by atoms with Gasteiger partial charge in [-0.25, -0.2) is 4.79 Å². The van der Waals surface area contributed by atoms with Crippen LogP contribution in [0.4, 0.5) is 4.39 Å². The van der Waals surface area contributed by atoms with E-state index >= 15 is 0 Å². The predicted molar refractivity (Wildman–Crippen MR) is 82.0 cm³/mol. The van der Waals surface area contributed by atoms with Gasteiger partial charge in [0, 0.05) is 0 Å². The summed E-state index contributed by atoms with van der Waals surface area (Å²) in [5, 5.41) is 0. The molecular weight excluding hydrogens is 255 g/mol. The first kappa shape index (κ1) is 18.4. The summed E-state index contributed by atoms with van der Waals surface area (Å²) in [7, 11) is 0. The zero-order chi connectivity index (χ0) is 15.1. The van der Waals surface area contributed by atoms with Gasteiger partial charge in [-0.1, -0.05) is 50.0 Å². The van der Waals surface area contributed by atoms with Gasteiger partial charge in [0.1, 0.15) is 0 Å². The van der Waals surface area contributed by atoms with Gasteiger partial charge in [-0.15, -0.1) is 0 Å². The van der Waals surface area contributed by atoms with E-state index in [2.05, 4.69) is 48.6 Å². The molecule has 20 heavy (non-hydrogen) atoms. The molecule has 0 aromatic heterocycles. The second-order valence-electron chi connectivity index (χ2n) is 4.32. The number of unbranched alkanes of at least 4 members (excludes halogenated alkanes) is 2. The van der Waals surface area contributed by atoms with Crippen molar-refractivity contribution in [1.82, 2.24) is 0 Å². The smallest absolute Gasteiger partial charge is 0.366 e. The Morgan fingerprint density at radius 3 is 2.30 bits per heavy atom. The van der Waals surface area contributed by atoms with Gasteiger partial charge in [-0.2, -0.15) is 4.39 Å². The molecule has 2 nitrogen and oxygen atoms in total. The quantitative estimate of drug-likeness (QED) is 0.229. The highest BCUT2D eigenvalue weighted by atomic mass is 19.1. The van der Waals surface area contributed by atoms with E-state index in [0.29, 0.717) is 6.42 Å². The second kappa shape index (κ2) is 13.8. The summed E-state index contributed by atoms with van der Waals surface area (Å²) < 4.78 is 16.9. The van der Waals surface area contributed by atoms with Gasteiger partial charge in [0.25, 0.3) is 0 Å². The van der Waals surface area contributed by atoms with Crippen molar-refractivity contribution in [3.05, 3.63) is 48.9 Å². The van der Waals surface area contributed by atoms with Crippen LogP contribution >= 0.6 is 0 Å². The highest BCUT2D eigenvalue weighted by Crippen LogP contribution is 2.01. The molecule has 0 aliphatic heterocycles. The lowest BCUT2D eigenvalue weighted by molar-refractivity contribution is -0.140. The lowest BCUT2D eigenvalue weighted by atomic mass is 10.2. The van der Waals surface area contributed by atoms with E-state index in [1.54, 1.807) is 0 Å². The van der Waals surface area contributed by atoms with Crippen molar-refractivity contribution in [2.45, 2.75) is 45.4 Å². The van der Waals surface area contributed by atoms with Gasteiger partial charge in [0.05, 0.1) is 6.61 Å². The van der Waals surface area contributed by atoms with E-state index < -0.39 is 11.8 Å². The molecule has 0 saturated heterocycles. The summed E-state index contributed by atoms with van der Waals surface area (Å²) in [5.74, 6) is -2.02. The second-order valence-corrected chi connectivity index (χ2v) is 4.32. The minimum atomic E-state index is -1.05. The number of rotatable bonds is 11. The maximum absolute atomic E-state index is 12.2. The number of hydrogen-bond acceptors (Lipinski definition) is 2. The molecule has 0 heterocycles. The fraction of sp³-hybridized carbons (Fsp3) is 0.471. The van der Waals surface area contributed by atoms with Crippen LogP contribution in [0.5, 0.6) is 0 Å². The molecule has 0 aromatic rings. The van der Waals surface area contributed by atoms with E-state index in [9.17, 15) is 9.18 Å². The van der Waals surface area contributed by atoms with Crippen LogP contribution < -0.4 is 0 Å². The van der Waals surface area contributed by atoms with Crippen molar-refractivity contribution in [2.24, 2.45) is 0 Å². The molecule has 0 bridgehead atoms. The molecule has 0 aromatic carbocycles. The molecule has 0 radical (unpaired) electrons.